The SMILES string of the molecule is CCCCC/C=C/CC(CC(=O)O)C(=O)O[C@H]1[C@@H](O[C@H]2[C@H](O)[C@@H](O)[C@@H](OC)O[C@@H]2CO)O[C@H](CO)[C@@H](OC)[C@@H]1O. The van der Waals surface area contributed by atoms with Gasteiger partial charge >= 0.3 is 11.9 Å². The van der Waals surface area contributed by atoms with E-state index in [1.165, 1.54) is 14.2 Å². The average Bonchev–Trinajstić information content (AvgIpc) is 2.93. The fourth-order valence-corrected chi connectivity index (χ4v) is 4.73. The molecule has 14 nitrogen and oxygen atoms in total. The van der Waals surface area contributed by atoms with Crippen molar-refractivity contribution in [1.82, 2.24) is 0 Å². The summed E-state index contributed by atoms with van der Waals surface area (Å²) in [5.74, 6) is -3.26. The van der Waals surface area contributed by atoms with E-state index in [0.29, 0.717) is 0 Å². The van der Waals surface area contributed by atoms with E-state index >= 15 is 0 Å². The Morgan fingerprint density at radius 2 is 1.50 bits per heavy atom. The first-order chi connectivity index (χ1) is 19.1. The molecule has 1 unspecified atom stereocenters. The van der Waals surface area contributed by atoms with Gasteiger partial charge in [-0.15, -0.1) is 0 Å². The molecule has 0 bridgehead atoms. The highest BCUT2D eigenvalue weighted by Crippen LogP contribution is 2.32. The van der Waals surface area contributed by atoms with Crippen LogP contribution in [0.1, 0.15) is 45.4 Å². The van der Waals surface area contributed by atoms with Gasteiger partial charge in [0.05, 0.1) is 25.6 Å². The average molecular weight is 581 g/mol. The van der Waals surface area contributed by atoms with Gasteiger partial charge in [0, 0.05) is 14.2 Å². The minimum absolute atomic E-state index is 0.0752. The zero-order valence-electron chi connectivity index (χ0n) is 23.1. The molecule has 0 saturated carbocycles. The zero-order chi connectivity index (χ0) is 29.8. The van der Waals surface area contributed by atoms with Crippen molar-refractivity contribution in [2.45, 2.75) is 107 Å². The van der Waals surface area contributed by atoms with Gasteiger partial charge in [-0.1, -0.05) is 31.9 Å². The Morgan fingerprint density at radius 1 is 0.850 bits per heavy atom. The zero-order valence-corrected chi connectivity index (χ0v) is 23.1. The van der Waals surface area contributed by atoms with Crippen molar-refractivity contribution in [2.24, 2.45) is 5.92 Å². The molecular formula is C26H44O14. The highest BCUT2D eigenvalue weighted by atomic mass is 16.7. The molecule has 0 amide bonds. The summed E-state index contributed by atoms with van der Waals surface area (Å²) in [6, 6.07) is 0. The van der Waals surface area contributed by atoms with Crippen molar-refractivity contribution in [3.8, 4) is 0 Å². The Balaban J connectivity index is 2.27. The largest absolute Gasteiger partial charge is 0.481 e. The third-order valence-corrected chi connectivity index (χ3v) is 6.98. The third-order valence-electron chi connectivity index (χ3n) is 6.98. The van der Waals surface area contributed by atoms with Gasteiger partial charge in [-0.05, 0) is 19.3 Å². The lowest BCUT2D eigenvalue weighted by Crippen LogP contribution is -2.65. The molecule has 0 aromatic heterocycles. The van der Waals surface area contributed by atoms with E-state index in [4.69, 9.17) is 28.4 Å². The number of esters is 1. The second-order valence-corrected chi connectivity index (χ2v) is 9.86. The van der Waals surface area contributed by atoms with E-state index in [2.05, 4.69) is 6.92 Å². The summed E-state index contributed by atoms with van der Waals surface area (Å²) in [6.45, 7) is 0.788. The van der Waals surface area contributed by atoms with Gasteiger partial charge in [0.15, 0.2) is 18.7 Å². The number of hydrogen-bond acceptors (Lipinski definition) is 13. The number of carbonyl (C=O) groups excluding carboxylic acids is 1. The number of carbonyl (C=O) groups is 2. The van der Waals surface area contributed by atoms with E-state index in [-0.39, 0.29) is 6.42 Å². The molecule has 2 aliphatic heterocycles. The molecule has 2 aliphatic rings. The van der Waals surface area contributed by atoms with Crippen LogP contribution >= 0.6 is 0 Å². The maximum absolute atomic E-state index is 13.2. The Kier molecular flexibility index (Phi) is 14.9. The van der Waals surface area contributed by atoms with E-state index in [0.717, 1.165) is 25.7 Å². The van der Waals surface area contributed by atoms with Gasteiger partial charge in [-0.3, -0.25) is 9.59 Å². The van der Waals surface area contributed by atoms with Gasteiger partial charge in [0.1, 0.15) is 42.7 Å². The Morgan fingerprint density at radius 3 is 2.08 bits per heavy atom. The molecule has 0 radical (unpaired) electrons. The monoisotopic (exact) mass is 580 g/mol. The van der Waals surface area contributed by atoms with Crippen molar-refractivity contribution in [3.05, 3.63) is 12.2 Å². The van der Waals surface area contributed by atoms with Crippen molar-refractivity contribution in [2.75, 3.05) is 27.4 Å². The molecule has 0 aromatic rings. The summed E-state index contributed by atoms with van der Waals surface area (Å²) in [6.07, 6.45) is -7.38. The first-order valence-electron chi connectivity index (χ1n) is 13.5. The normalized spacial score (nSPS) is 35.5. The van der Waals surface area contributed by atoms with Crippen molar-refractivity contribution in [3.63, 3.8) is 0 Å². The summed E-state index contributed by atoms with van der Waals surface area (Å²) < 4.78 is 32.7. The third kappa shape index (κ3) is 9.14. The number of aliphatic hydroxyl groups excluding tert-OH is 5. The molecule has 232 valence electrons. The van der Waals surface area contributed by atoms with Crippen molar-refractivity contribution >= 4 is 11.9 Å². The van der Waals surface area contributed by atoms with Crippen LogP contribution < -0.4 is 0 Å². The van der Waals surface area contributed by atoms with Gasteiger partial charge < -0.3 is 59.1 Å². The number of methoxy groups -OCH3 is 2. The van der Waals surface area contributed by atoms with E-state index < -0.39 is 98.9 Å². The summed E-state index contributed by atoms with van der Waals surface area (Å²) in [5, 5.41) is 61.0. The maximum atomic E-state index is 13.2. The van der Waals surface area contributed by atoms with Gasteiger partial charge in [0.2, 0.25) is 0 Å². The van der Waals surface area contributed by atoms with Crippen LogP contribution in [0.2, 0.25) is 0 Å². The quantitative estimate of drug-likeness (QED) is 0.0741. The lowest BCUT2D eigenvalue weighted by Gasteiger charge is -2.47. The lowest BCUT2D eigenvalue weighted by molar-refractivity contribution is -0.359. The molecule has 2 saturated heterocycles. The number of unbranched alkanes of at least 4 members (excludes halogenated alkanes) is 3. The summed E-state index contributed by atoms with van der Waals surface area (Å²) >= 11 is 0. The number of rotatable bonds is 16. The second-order valence-electron chi connectivity index (χ2n) is 9.86. The van der Waals surface area contributed by atoms with Crippen LogP contribution in [0, 0.1) is 5.92 Å². The first kappa shape index (κ1) is 34.5. The standard InChI is InChI=1S/C26H44O14/c1-4-5-6-7-8-9-10-14(11-17(29)30)24(34)39-23-20(33)21(35-2)15(12-27)38-26(23)40-22-16(13-28)37-25(36-3)19(32)18(22)31/h8-9,14-16,18-23,25-28,31-33H,4-7,10-13H2,1-3H3,(H,29,30)/b9-8+/t14?,15-,16-,18-,19-,20+,21-,22-,23-,25+,26-/m1/s1. The van der Waals surface area contributed by atoms with Gasteiger partial charge in [-0.2, -0.15) is 0 Å². The van der Waals surface area contributed by atoms with E-state index in [9.17, 15) is 40.2 Å². The van der Waals surface area contributed by atoms with Crippen LogP contribution in [0.15, 0.2) is 12.2 Å². The lowest BCUT2D eigenvalue weighted by atomic mass is 9.96. The number of hydrogen-bond donors (Lipinski definition) is 6. The van der Waals surface area contributed by atoms with Crippen LogP contribution in [-0.4, -0.2) is 131 Å². The molecule has 0 aliphatic carbocycles. The number of allylic oxidation sites excluding steroid dienone is 2. The molecular weight excluding hydrogens is 536 g/mol. The summed E-state index contributed by atoms with van der Waals surface area (Å²) in [7, 11) is 2.48. The molecule has 6 N–H and O–H groups in total. The van der Waals surface area contributed by atoms with Crippen LogP contribution in [0.25, 0.3) is 0 Å². The van der Waals surface area contributed by atoms with E-state index in [1.54, 1.807) is 6.08 Å². The number of aliphatic hydroxyl groups is 5. The number of ether oxygens (including phenoxy) is 6. The minimum Gasteiger partial charge on any atom is -0.481 e. The Bertz CT molecular complexity index is 791. The predicted octanol–water partition coefficient (Wildman–Crippen LogP) is -0.921. The van der Waals surface area contributed by atoms with Crippen molar-refractivity contribution < 1.29 is 68.6 Å². The fraction of sp³-hybridized carbons (Fsp3) is 0.846. The Hall–Kier alpha value is -1.72. The van der Waals surface area contributed by atoms with E-state index in [1.807, 2.05) is 6.08 Å². The Labute approximate surface area is 233 Å². The molecule has 2 fully saturated rings. The van der Waals surface area contributed by atoms with Crippen LogP contribution in [0.5, 0.6) is 0 Å². The van der Waals surface area contributed by atoms with Crippen LogP contribution in [0.3, 0.4) is 0 Å². The summed E-state index contributed by atoms with van der Waals surface area (Å²) in [5.41, 5.74) is 0. The highest BCUT2D eigenvalue weighted by Gasteiger charge is 2.53. The highest BCUT2D eigenvalue weighted by molar-refractivity contribution is 5.79. The molecule has 2 rings (SSSR count). The summed E-state index contributed by atoms with van der Waals surface area (Å²) in [4.78, 5) is 24.6. The minimum atomic E-state index is -1.65. The predicted molar refractivity (Wildman–Crippen MR) is 136 cm³/mol. The number of aliphatic carboxylic acids is 1. The first-order valence-corrected chi connectivity index (χ1v) is 13.5. The molecule has 0 aromatic carbocycles. The van der Waals surface area contributed by atoms with Gasteiger partial charge in [-0.25, -0.2) is 0 Å². The second kappa shape index (κ2) is 17.3. The smallest absolute Gasteiger partial charge is 0.310 e. The fourth-order valence-electron chi connectivity index (χ4n) is 4.73. The molecule has 2 heterocycles. The van der Waals surface area contributed by atoms with Crippen LogP contribution in [0.4, 0.5) is 0 Å². The molecule has 40 heavy (non-hydrogen) atoms. The van der Waals surface area contributed by atoms with Gasteiger partial charge in [0.25, 0.3) is 0 Å². The molecule has 14 heteroatoms. The van der Waals surface area contributed by atoms with Crippen LogP contribution in [-0.2, 0) is 38.0 Å². The molecule has 0 spiro atoms. The topological polar surface area (TPSA) is 211 Å². The number of carboxylic acid groups (broad SMARTS) is 1. The maximum Gasteiger partial charge on any atom is 0.310 e. The molecule has 11 atom stereocenters. The number of carboxylic acids is 1. The van der Waals surface area contributed by atoms with Crippen molar-refractivity contribution in [1.29, 1.82) is 0 Å².